The zero-order valence-corrected chi connectivity index (χ0v) is 17.2. The van der Waals surface area contributed by atoms with Crippen molar-refractivity contribution in [2.45, 2.75) is 79.1 Å². The summed E-state index contributed by atoms with van der Waals surface area (Å²) >= 11 is 0. The Morgan fingerprint density at radius 1 is 0.960 bits per heavy atom. The molecule has 1 aromatic rings. The highest BCUT2D eigenvalue weighted by atomic mass is 16.5. The minimum absolute atomic E-state index is 0.463. The number of rotatable bonds is 12. The lowest BCUT2D eigenvalue weighted by Gasteiger charge is -2.18. The molecule has 0 bridgehead atoms. The summed E-state index contributed by atoms with van der Waals surface area (Å²) < 4.78 is 11.8. The summed E-state index contributed by atoms with van der Waals surface area (Å²) in [6.45, 7) is 11.9. The minimum atomic E-state index is 0.463. The molecule has 2 heteroatoms. The fourth-order valence-electron chi connectivity index (χ4n) is 2.74. The van der Waals surface area contributed by atoms with Crippen LogP contribution in [-0.4, -0.2) is 13.7 Å². The summed E-state index contributed by atoms with van der Waals surface area (Å²) in [5.41, 5.74) is 2.37. The number of ether oxygens (including phenoxy) is 2. The van der Waals surface area contributed by atoms with Crippen molar-refractivity contribution in [1.82, 2.24) is 0 Å². The molecule has 0 saturated heterocycles. The average Bonchev–Trinajstić information content (AvgIpc) is 2.65. The number of hydrogen-bond acceptors (Lipinski definition) is 2. The molecular formula is C23H38O2. The lowest BCUT2D eigenvalue weighted by atomic mass is 9.95. The maximum absolute atomic E-state index is 6.18. The Kier molecular flexibility index (Phi) is 10.4. The predicted octanol–water partition coefficient (Wildman–Crippen LogP) is 7.23. The van der Waals surface area contributed by atoms with Crippen LogP contribution in [0.5, 0.6) is 11.5 Å². The van der Waals surface area contributed by atoms with Crippen molar-refractivity contribution in [3.05, 3.63) is 29.3 Å². The smallest absolute Gasteiger partial charge is 0.127 e. The van der Waals surface area contributed by atoms with Crippen molar-refractivity contribution in [1.29, 1.82) is 0 Å². The first kappa shape index (κ1) is 21.6. The van der Waals surface area contributed by atoms with Gasteiger partial charge >= 0.3 is 0 Å². The van der Waals surface area contributed by atoms with E-state index in [1.54, 1.807) is 7.11 Å². The maximum Gasteiger partial charge on any atom is 0.127 e. The standard InChI is InChI=1S/C23H38O2/c1-7-10-11-12-15-25-22-17-21(19(5)9-3)23(24-6)16-20(22)14-13-18(4)8-2/h13-14,16-19H,7-12,15H2,1-6H3/b14-13+. The van der Waals surface area contributed by atoms with Crippen LogP contribution >= 0.6 is 0 Å². The van der Waals surface area contributed by atoms with Gasteiger partial charge in [-0.1, -0.05) is 72.5 Å². The summed E-state index contributed by atoms with van der Waals surface area (Å²) in [4.78, 5) is 0. The molecule has 1 aromatic carbocycles. The van der Waals surface area contributed by atoms with Crippen LogP contribution in [0.3, 0.4) is 0 Å². The van der Waals surface area contributed by atoms with Gasteiger partial charge in [-0.15, -0.1) is 0 Å². The van der Waals surface area contributed by atoms with Gasteiger partial charge in [-0.2, -0.15) is 0 Å². The quantitative estimate of drug-likeness (QED) is 0.372. The Bertz CT molecular complexity index is 519. The Morgan fingerprint density at radius 3 is 2.32 bits per heavy atom. The van der Waals surface area contributed by atoms with Gasteiger partial charge in [0.15, 0.2) is 0 Å². The lowest BCUT2D eigenvalue weighted by Crippen LogP contribution is -2.03. The van der Waals surface area contributed by atoms with Gasteiger partial charge < -0.3 is 9.47 Å². The third kappa shape index (κ3) is 7.13. The van der Waals surface area contributed by atoms with E-state index in [1.165, 1.54) is 24.8 Å². The van der Waals surface area contributed by atoms with Crippen LogP contribution < -0.4 is 9.47 Å². The Balaban J connectivity index is 3.06. The SMILES string of the molecule is CCCCCCOc1cc(C(C)CC)c(OC)cc1/C=C/C(C)CC. The molecule has 2 nitrogen and oxygen atoms in total. The average molecular weight is 347 g/mol. The van der Waals surface area contributed by atoms with Crippen molar-refractivity contribution >= 4 is 6.08 Å². The van der Waals surface area contributed by atoms with E-state index in [4.69, 9.17) is 9.47 Å². The molecule has 0 N–H and O–H groups in total. The molecule has 1 rings (SSSR count). The van der Waals surface area contributed by atoms with Crippen molar-refractivity contribution in [3.63, 3.8) is 0 Å². The molecule has 0 radical (unpaired) electrons. The monoisotopic (exact) mass is 346 g/mol. The third-order valence-corrected chi connectivity index (χ3v) is 5.01. The topological polar surface area (TPSA) is 18.5 Å². The molecular weight excluding hydrogens is 308 g/mol. The highest BCUT2D eigenvalue weighted by Crippen LogP contribution is 2.36. The molecule has 142 valence electrons. The zero-order chi connectivity index (χ0) is 18.7. The van der Waals surface area contributed by atoms with Crippen molar-refractivity contribution in [3.8, 4) is 11.5 Å². The van der Waals surface area contributed by atoms with Gasteiger partial charge in [-0.05, 0) is 36.8 Å². The van der Waals surface area contributed by atoms with Crippen LogP contribution in [-0.2, 0) is 0 Å². The first-order valence-corrected chi connectivity index (χ1v) is 10.1. The van der Waals surface area contributed by atoms with Crippen molar-refractivity contribution < 1.29 is 9.47 Å². The van der Waals surface area contributed by atoms with Crippen LogP contribution in [0.4, 0.5) is 0 Å². The van der Waals surface area contributed by atoms with Crippen LogP contribution in [0.25, 0.3) is 6.08 Å². The van der Waals surface area contributed by atoms with Crippen LogP contribution in [0.1, 0.15) is 90.2 Å². The molecule has 0 heterocycles. The number of methoxy groups -OCH3 is 1. The molecule has 0 spiro atoms. The van der Waals surface area contributed by atoms with Crippen LogP contribution in [0.15, 0.2) is 18.2 Å². The van der Waals surface area contributed by atoms with Gasteiger partial charge in [-0.3, -0.25) is 0 Å². The van der Waals surface area contributed by atoms with Gasteiger partial charge in [-0.25, -0.2) is 0 Å². The second-order valence-electron chi connectivity index (χ2n) is 7.10. The zero-order valence-electron chi connectivity index (χ0n) is 17.2. The van der Waals surface area contributed by atoms with Gasteiger partial charge in [0.2, 0.25) is 0 Å². The number of benzene rings is 1. The fraction of sp³-hybridized carbons (Fsp3) is 0.652. The predicted molar refractivity (Wildman–Crippen MR) is 110 cm³/mol. The van der Waals surface area contributed by atoms with E-state index in [-0.39, 0.29) is 0 Å². The van der Waals surface area contributed by atoms with E-state index in [0.29, 0.717) is 11.8 Å². The Labute approximate surface area is 155 Å². The van der Waals surface area contributed by atoms with E-state index in [1.807, 2.05) is 0 Å². The molecule has 0 aromatic heterocycles. The van der Waals surface area contributed by atoms with E-state index in [2.05, 4.69) is 58.9 Å². The second kappa shape index (κ2) is 12.0. The number of unbranched alkanes of at least 4 members (excludes halogenated alkanes) is 3. The molecule has 0 aliphatic rings. The van der Waals surface area contributed by atoms with Crippen molar-refractivity contribution in [2.75, 3.05) is 13.7 Å². The highest BCUT2D eigenvalue weighted by Gasteiger charge is 2.15. The molecule has 0 aliphatic carbocycles. The largest absolute Gasteiger partial charge is 0.496 e. The van der Waals surface area contributed by atoms with Gasteiger partial charge in [0.05, 0.1) is 13.7 Å². The summed E-state index contributed by atoms with van der Waals surface area (Å²) in [6.07, 6.45) is 11.6. The van der Waals surface area contributed by atoms with Gasteiger partial charge in [0, 0.05) is 11.1 Å². The highest BCUT2D eigenvalue weighted by molar-refractivity contribution is 5.62. The molecule has 25 heavy (non-hydrogen) atoms. The van der Waals surface area contributed by atoms with Crippen LogP contribution in [0, 0.1) is 5.92 Å². The molecule has 0 aliphatic heterocycles. The van der Waals surface area contributed by atoms with E-state index >= 15 is 0 Å². The van der Waals surface area contributed by atoms with E-state index in [9.17, 15) is 0 Å². The molecule has 2 atom stereocenters. The third-order valence-electron chi connectivity index (χ3n) is 5.01. The Morgan fingerprint density at radius 2 is 1.72 bits per heavy atom. The normalized spacial score (nSPS) is 13.8. The fourth-order valence-corrected chi connectivity index (χ4v) is 2.74. The van der Waals surface area contributed by atoms with Gasteiger partial charge in [0.25, 0.3) is 0 Å². The Hall–Kier alpha value is -1.44. The van der Waals surface area contributed by atoms with Gasteiger partial charge in [0.1, 0.15) is 11.5 Å². The van der Waals surface area contributed by atoms with E-state index < -0.39 is 0 Å². The first-order valence-electron chi connectivity index (χ1n) is 10.1. The number of allylic oxidation sites excluding steroid dienone is 1. The first-order chi connectivity index (χ1) is 12.1. The number of hydrogen-bond donors (Lipinski definition) is 0. The summed E-state index contributed by atoms with van der Waals surface area (Å²) in [6, 6.07) is 4.34. The second-order valence-corrected chi connectivity index (χ2v) is 7.10. The maximum atomic E-state index is 6.18. The molecule has 0 fully saturated rings. The van der Waals surface area contributed by atoms with Crippen molar-refractivity contribution in [2.24, 2.45) is 5.92 Å². The minimum Gasteiger partial charge on any atom is -0.496 e. The summed E-state index contributed by atoms with van der Waals surface area (Å²) in [7, 11) is 1.76. The van der Waals surface area contributed by atoms with E-state index in [0.717, 1.165) is 42.9 Å². The molecule has 2 unspecified atom stereocenters. The molecule has 0 amide bonds. The van der Waals surface area contributed by atoms with Crippen LogP contribution in [0.2, 0.25) is 0 Å². The summed E-state index contributed by atoms with van der Waals surface area (Å²) in [5.74, 6) is 2.99. The molecule has 0 saturated carbocycles. The summed E-state index contributed by atoms with van der Waals surface area (Å²) in [5, 5.41) is 0. The lowest BCUT2D eigenvalue weighted by molar-refractivity contribution is 0.303.